The van der Waals surface area contributed by atoms with E-state index in [1.807, 2.05) is 11.4 Å². The number of benzene rings is 2. The second-order valence-corrected chi connectivity index (χ2v) is 10.3. The van der Waals surface area contributed by atoms with Gasteiger partial charge in [0.25, 0.3) is 15.9 Å². The van der Waals surface area contributed by atoms with Gasteiger partial charge in [-0.25, -0.2) is 13.2 Å². The lowest BCUT2D eigenvalue weighted by molar-refractivity contribution is -0.135. The number of nitrogens with zero attached hydrogens (tertiary/aromatic N) is 2. The standard InChI is InChI=1S/C23H22N2O5S2/c1-24(19-5-3-2-4-6-19)32(28,29)20-9-7-17(8-10-20)23(27)30-16-22(26)25-13-11-21-18(15-25)12-14-31-21/h2-10,12,14H,11,13,15-16H2,1H3. The highest BCUT2D eigenvalue weighted by Gasteiger charge is 2.24. The molecule has 0 unspecified atom stereocenters. The van der Waals surface area contributed by atoms with Gasteiger partial charge in [-0.15, -0.1) is 11.3 Å². The van der Waals surface area contributed by atoms with Gasteiger partial charge in [-0.1, -0.05) is 18.2 Å². The van der Waals surface area contributed by atoms with Crippen molar-refractivity contribution in [2.24, 2.45) is 0 Å². The molecule has 32 heavy (non-hydrogen) atoms. The Morgan fingerprint density at radius 2 is 1.78 bits per heavy atom. The summed E-state index contributed by atoms with van der Waals surface area (Å²) in [4.78, 5) is 27.8. The molecule has 1 aromatic heterocycles. The quantitative estimate of drug-likeness (QED) is 0.516. The van der Waals surface area contributed by atoms with Crippen LogP contribution in [0.15, 0.2) is 70.9 Å². The van der Waals surface area contributed by atoms with Crippen molar-refractivity contribution in [2.75, 3.05) is 24.5 Å². The summed E-state index contributed by atoms with van der Waals surface area (Å²) in [5, 5.41) is 2.01. The Kier molecular flexibility index (Phi) is 6.29. The number of fused-ring (bicyclic) bond motifs is 1. The number of hydrogen-bond donors (Lipinski definition) is 0. The normalized spacial score (nSPS) is 13.3. The molecule has 9 heteroatoms. The number of carbonyl (C=O) groups excluding carboxylic acids is 2. The average molecular weight is 471 g/mol. The van der Waals surface area contributed by atoms with Crippen LogP contribution < -0.4 is 4.31 Å². The highest BCUT2D eigenvalue weighted by atomic mass is 32.2. The molecule has 1 aliphatic heterocycles. The van der Waals surface area contributed by atoms with Gasteiger partial charge in [0, 0.05) is 25.0 Å². The molecule has 2 aromatic carbocycles. The van der Waals surface area contributed by atoms with Gasteiger partial charge in [-0.05, 0) is 59.8 Å². The van der Waals surface area contributed by atoms with E-state index in [2.05, 4.69) is 0 Å². The molecule has 1 aliphatic rings. The molecule has 2 heterocycles. The lowest BCUT2D eigenvalue weighted by Crippen LogP contribution is -2.38. The fourth-order valence-corrected chi connectivity index (χ4v) is 5.55. The zero-order chi connectivity index (χ0) is 22.7. The molecule has 0 fully saturated rings. The number of ether oxygens (including phenoxy) is 1. The molecule has 1 amide bonds. The smallest absolute Gasteiger partial charge is 0.338 e. The summed E-state index contributed by atoms with van der Waals surface area (Å²) in [7, 11) is -2.30. The van der Waals surface area contributed by atoms with Crippen molar-refractivity contribution in [3.05, 3.63) is 82.0 Å². The summed E-state index contributed by atoms with van der Waals surface area (Å²) >= 11 is 1.69. The number of thiophene rings is 1. The molecule has 7 nitrogen and oxygen atoms in total. The van der Waals surface area contributed by atoms with Crippen molar-refractivity contribution in [1.29, 1.82) is 0 Å². The van der Waals surface area contributed by atoms with E-state index in [0.717, 1.165) is 12.0 Å². The molecular weight excluding hydrogens is 448 g/mol. The van der Waals surface area contributed by atoms with Crippen molar-refractivity contribution in [2.45, 2.75) is 17.9 Å². The van der Waals surface area contributed by atoms with Crippen LogP contribution in [0.1, 0.15) is 20.8 Å². The molecule has 0 saturated carbocycles. The van der Waals surface area contributed by atoms with E-state index in [4.69, 9.17) is 4.74 Å². The minimum absolute atomic E-state index is 0.0522. The molecule has 0 bridgehead atoms. The molecule has 0 saturated heterocycles. The van der Waals surface area contributed by atoms with E-state index in [-0.39, 0.29) is 23.0 Å². The molecule has 0 radical (unpaired) electrons. The van der Waals surface area contributed by atoms with Crippen molar-refractivity contribution >= 4 is 38.9 Å². The average Bonchev–Trinajstić information content (AvgIpc) is 3.30. The Balaban J connectivity index is 1.36. The predicted molar refractivity (Wildman–Crippen MR) is 122 cm³/mol. The number of para-hydroxylation sites is 1. The van der Waals surface area contributed by atoms with Crippen LogP contribution in [0, 0.1) is 0 Å². The van der Waals surface area contributed by atoms with E-state index in [0.29, 0.717) is 18.8 Å². The summed E-state index contributed by atoms with van der Waals surface area (Å²) in [6.07, 6.45) is 0.806. The highest BCUT2D eigenvalue weighted by Crippen LogP contribution is 2.24. The lowest BCUT2D eigenvalue weighted by atomic mass is 10.1. The molecule has 4 rings (SSSR count). The van der Waals surface area contributed by atoms with Gasteiger partial charge in [-0.2, -0.15) is 0 Å². The Morgan fingerprint density at radius 1 is 1.06 bits per heavy atom. The van der Waals surface area contributed by atoms with Crippen molar-refractivity contribution in [1.82, 2.24) is 4.90 Å². The maximum Gasteiger partial charge on any atom is 0.338 e. The van der Waals surface area contributed by atoms with E-state index in [1.54, 1.807) is 46.6 Å². The van der Waals surface area contributed by atoms with Gasteiger partial charge in [0.05, 0.1) is 16.1 Å². The van der Waals surface area contributed by atoms with Crippen LogP contribution in [0.2, 0.25) is 0 Å². The van der Waals surface area contributed by atoms with Crippen LogP contribution in [0.25, 0.3) is 0 Å². The minimum atomic E-state index is -3.77. The largest absolute Gasteiger partial charge is 0.452 e. The minimum Gasteiger partial charge on any atom is -0.452 e. The van der Waals surface area contributed by atoms with E-state index >= 15 is 0 Å². The maximum absolute atomic E-state index is 12.8. The van der Waals surface area contributed by atoms with E-state index in [9.17, 15) is 18.0 Å². The van der Waals surface area contributed by atoms with Gasteiger partial charge < -0.3 is 9.64 Å². The van der Waals surface area contributed by atoms with Gasteiger partial charge >= 0.3 is 5.97 Å². The Hall–Kier alpha value is -3.17. The van der Waals surface area contributed by atoms with Crippen LogP contribution >= 0.6 is 11.3 Å². The number of esters is 1. The summed E-state index contributed by atoms with van der Waals surface area (Å²) in [6, 6.07) is 16.2. The topological polar surface area (TPSA) is 84.0 Å². The fraction of sp³-hybridized carbons (Fsp3) is 0.217. The number of hydrogen-bond acceptors (Lipinski definition) is 6. The second kappa shape index (κ2) is 9.13. The lowest BCUT2D eigenvalue weighted by Gasteiger charge is -2.26. The number of rotatable bonds is 6. The zero-order valence-corrected chi connectivity index (χ0v) is 19.1. The maximum atomic E-state index is 12.8. The van der Waals surface area contributed by atoms with Crippen molar-refractivity contribution in [3.63, 3.8) is 0 Å². The van der Waals surface area contributed by atoms with Crippen LogP contribution in [0.3, 0.4) is 0 Å². The summed E-state index contributed by atoms with van der Waals surface area (Å²) in [5.74, 6) is -0.925. The molecular formula is C23H22N2O5S2. The first-order valence-corrected chi connectivity index (χ1v) is 12.3. The Morgan fingerprint density at radius 3 is 2.50 bits per heavy atom. The first kappa shape index (κ1) is 22.0. The summed E-state index contributed by atoms with van der Waals surface area (Å²) in [5.41, 5.74) is 1.85. The summed E-state index contributed by atoms with van der Waals surface area (Å²) < 4.78 is 32.0. The predicted octanol–water partition coefficient (Wildman–Crippen LogP) is 3.31. The van der Waals surface area contributed by atoms with Crippen LogP contribution in [-0.2, 0) is 32.5 Å². The third kappa shape index (κ3) is 4.53. The number of carbonyl (C=O) groups is 2. The summed E-state index contributed by atoms with van der Waals surface area (Å²) in [6.45, 7) is 0.775. The van der Waals surface area contributed by atoms with Crippen molar-refractivity contribution in [3.8, 4) is 0 Å². The van der Waals surface area contributed by atoms with E-state index in [1.165, 1.54) is 40.5 Å². The van der Waals surface area contributed by atoms with Gasteiger partial charge in [-0.3, -0.25) is 9.10 Å². The van der Waals surface area contributed by atoms with Crippen LogP contribution in [0.4, 0.5) is 5.69 Å². The number of anilines is 1. The Labute approximate surface area is 190 Å². The number of sulfonamides is 1. The SMILES string of the molecule is CN(c1ccccc1)S(=O)(=O)c1ccc(C(=O)OCC(=O)N2CCc3sccc3C2)cc1. The van der Waals surface area contributed by atoms with Gasteiger partial charge in [0.1, 0.15) is 0 Å². The monoisotopic (exact) mass is 470 g/mol. The molecule has 0 spiro atoms. The number of amides is 1. The second-order valence-electron chi connectivity index (χ2n) is 7.34. The van der Waals surface area contributed by atoms with Crippen molar-refractivity contribution < 1.29 is 22.7 Å². The molecule has 0 atom stereocenters. The first-order valence-electron chi connectivity index (χ1n) is 10.0. The van der Waals surface area contributed by atoms with E-state index < -0.39 is 16.0 Å². The van der Waals surface area contributed by atoms with Gasteiger partial charge in [0.2, 0.25) is 0 Å². The fourth-order valence-electron chi connectivity index (χ4n) is 3.46. The van der Waals surface area contributed by atoms with Crippen LogP contribution in [0.5, 0.6) is 0 Å². The molecule has 0 N–H and O–H groups in total. The molecule has 3 aromatic rings. The molecule has 0 aliphatic carbocycles. The Bertz CT molecular complexity index is 1220. The third-order valence-electron chi connectivity index (χ3n) is 5.36. The van der Waals surface area contributed by atoms with Gasteiger partial charge in [0.15, 0.2) is 6.61 Å². The highest BCUT2D eigenvalue weighted by molar-refractivity contribution is 7.92. The first-order chi connectivity index (χ1) is 15.4. The third-order valence-corrected chi connectivity index (χ3v) is 8.18. The molecule has 166 valence electrons. The van der Waals surface area contributed by atoms with Crippen LogP contribution in [-0.4, -0.2) is 45.4 Å². The zero-order valence-electron chi connectivity index (χ0n) is 17.4.